The molecule has 1 aliphatic heterocycles. The van der Waals surface area contributed by atoms with Crippen LogP contribution in [0, 0.1) is 12.8 Å². The maximum atomic E-state index is 12.6. The van der Waals surface area contributed by atoms with Crippen molar-refractivity contribution in [1.29, 1.82) is 0 Å². The molecular formula is C16H20Cl2N4O. The van der Waals surface area contributed by atoms with Gasteiger partial charge in [0, 0.05) is 43.0 Å². The Labute approximate surface area is 146 Å². The Morgan fingerprint density at radius 1 is 1.43 bits per heavy atom. The fraction of sp³-hybridized carbons (Fsp3) is 0.375. The number of hydrogen-bond acceptors (Lipinski definition) is 3. The van der Waals surface area contributed by atoms with Gasteiger partial charge in [-0.25, -0.2) is 0 Å². The molecule has 7 heteroatoms. The van der Waals surface area contributed by atoms with Crippen LogP contribution in [0.1, 0.15) is 17.0 Å². The van der Waals surface area contributed by atoms with Crippen LogP contribution in [-0.2, 0) is 11.8 Å². The van der Waals surface area contributed by atoms with E-state index in [1.165, 1.54) is 0 Å². The van der Waals surface area contributed by atoms with Gasteiger partial charge in [0.25, 0.3) is 0 Å². The second-order valence-electron chi connectivity index (χ2n) is 5.72. The number of amides is 1. The summed E-state index contributed by atoms with van der Waals surface area (Å²) in [5.41, 5.74) is 2.76. The molecule has 3 rings (SSSR count). The lowest BCUT2D eigenvalue weighted by molar-refractivity contribution is -0.119. The van der Waals surface area contributed by atoms with Crippen LogP contribution in [0.15, 0.2) is 30.6 Å². The van der Waals surface area contributed by atoms with E-state index >= 15 is 0 Å². The zero-order valence-electron chi connectivity index (χ0n) is 13.0. The van der Waals surface area contributed by atoms with Gasteiger partial charge in [0.05, 0.1) is 12.1 Å². The normalized spacial score (nSPS) is 20.1. The van der Waals surface area contributed by atoms with Crippen molar-refractivity contribution >= 4 is 35.6 Å². The number of hydrogen-bond donors (Lipinski definition) is 2. The quantitative estimate of drug-likeness (QED) is 0.890. The van der Waals surface area contributed by atoms with Gasteiger partial charge in [0.1, 0.15) is 0 Å². The molecule has 23 heavy (non-hydrogen) atoms. The number of nitrogens with zero attached hydrogens (tertiary/aromatic N) is 2. The number of anilines is 1. The van der Waals surface area contributed by atoms with Crippen molar-refractivity contribution in [2.75, 3.05) is 18.4 Å². The molecule has 5 nitrogen and oxygen atoms in total. The lowest BCUT2D eigenvalue weighted by Gasteiger charge is -2.18. The fourth-order valence-corrected chi connectivity index (χ4v) is 3.08. The topological polar surface area (TPSA) is 59.0 Å². The van der Waals surface area contributed by atoms with Gasteiger partial charge in [-0.05, 0) is 30.2 Å². The largest absolute Gasteiger partial charge is 0.325 e. The fourth-order valence-electron chi connectivity index (χ4n) is 2.90. The third-order valence-corrected chi connectivity index (χ3v) is 4.64. The lowest BCUT2D eigenvalue weighted by atomic mass is 9.90. The molecule has 124 valence electrons. The molecule has 1 aromatic heterocycles. The van der Waals surface area contributed by atoms with Gasteiger partial charge in [0.2, 0.25) is 5.91 Å². The van der Waals surface area contributed by atoms with Gasteiger partial charge >= 0.3 is 0 Å². The first-order valence-electron chi connectivity index (χ1n) is 7.31. The van der Waals surface area contributed by atoms with Crippen molar-refractivity contribution in [3.8, 4) is 0 Å². The van der Waals surface area contributed by atoms with E-state index in [2.05, 4.69) is 15.7 Å². The summed E-state index contributed by atoms with van der Waals surface area (Å²) >= 11 is 6.11. The molecule has 2 heterocycles. The highest BCUT2D eigenvalue weighted by Gasteiger charge is 2.34. The van der Waals surface area contributed by atoms with Crippen molar-refractivity contribution in [3.63, 3.8) is 0 Å². The van der Waals surface area contributed by atoms with Crippen LogP contribution in [0.5, 0.6) is 0 Å². The number of aromatic nitrogens is 2. The Kier molecular flexibility index (Phi) is 5.68. The van der Waals surface area contributed by atoms with E-state index in [-0.39, 0.29) is 30.2 Å². The van der Waals surface area contributed by atoms with E-state index in [4.69, 9.17) is 11.6 Å². The number of nitrogens with one attached hydrogen (secondary N) is 2. The highest BCUT2D eigenvalue weighted by Crippen LogP contribution is 2.30. The van der Waals surface area contributed by atoms with Gasteiger partial charge in [-0.2, -0.15) is 5.10 Å². The second-order valence-corrected chi connectivity index (χ2v) is 6.13. The zero-order valence-corrected chi connectivity index (χ0v) is 14.6. The van der Waals surface area contributed by atoms with Crippen LogP contribution in [0.25, 0.3) is 0 Å². The molecule has 1 saturated heterocycles. The van der Waals surface area contributed by atoms with Gasteiger partial charge in [-0.3, -0.25) is 9.48 Å². The SMILES string of the molecule is Cc1c(Cl)cccc1NC(=O)[C@H]1CNC[C@@H]1c1cnn(C)c1.Cl. The van der Waals surface area contributed by atoms with Gasteiger partial charge in [-0.1, -0.05) is 17.7 Å². The summed E-state index contributed by atoms with van der Waals surface area (Å²) in [5, 5.41) is 11.2. The van der Waals surface area contributed by atoms with E-state index in [0.29, 0.717) is 11.6 Å². The Balaban J connectivity index is 0.00000192. The molecule has 1 aliphatic rings. The highest BCUT2D eigenvalue weighted by molar-refractivity contribution is 6.31. The summed E-state index contributed by atoms with van der Waals surface area (Å²) in [6.45, 7) is 3.37. The van der Waals surface area contributed by atoms with E-state index in [1.807, 2.05) is 44.6 Å². The predicted octanol–water partition coefficient (Wildman–Crippen LogP) is 2.75. The van der Waals surface area contributed by atoms with Crippen molar-refractivity contribution in [2.24, 2.45) is 13.0 Å². The third kappa shape index (κ3) is 3.68. The Hall–Kier alpha value is -1.56. The zero-order chi connectivity index (χ0) is 15.7. The number of halogens is 2. The molecule has 1 amide bonds. The monoisotopic (exact) mass is 354 g/mol. The van der Waals surface area contributed by atoms with Crippen LogP contribution in [0.2, 0.25) is 5.02 Å². The van der Waals surface area contributed by atoms with Crippen LogP contribution < -0.4 is 10.6 Å². The molecule has 0 unspecified atom stereocenters. The molecule has 0 radical (unpaired) electrons. The molecule has 2 N–H and O–H groups in total. The molecule has 1 aromatic carbocycles. The van der Waals surface area contributed by atoms with Gasteiger partial charge in [0.15, 0.2) is 0 Å². The minimum absolute atomic E-state index is 0. The van der Waals surface area contributed by atoms with Crippen LogP contribution >= 0.6 is 24.0 Å². The molecule has 0 saturated carbocycles. The summed E-state index contributed by atoms with van der Waals surface area (Å²) in [5.74, 6) is 0.0555. The molecule has 0 aliphatic carbocycles. The second kappa shape index (κ2) is 7.34. The van der Waals surface area contributed by atoms with Gasteiger partial charge < -0.3 is 10.6 Å². The van der Waals surface area contributed by atoms with E-state index in [1.54, 1.807) is 4.68 Å². The molecular weight excluding hydrogens is 335 g/mol. The smallest absolute Gasteiger partial charge is 0.229 e. The predicted molar refractivity (Wildman–Crippen MR) is 94.4 cm³/mol. The third-order valence-electron chi connectivity index (χ3n) is 4.23. The number of carbonyl (C=O) groups is 1. The summed E-state index contributed by atoms with van der Waals surface area (Å²) in [4.78, 5) is 12.6. The van der Waals surface area contributed by atoms with Crippen molar-refractivity contribution in [2.45, 2.75) is 12.8 Å². The minimum atomic E-state index is -0.109. The van der Waals surface area contributed by atoms with E-state index < -0.39 is 0 Å². The summed E-state index contributed by atoms with van der Waals surface area (Å²) < 4.78 is 1.77. The first-order valence-corrected chi connectivity index (χ1v) is 7.69. The van der Waals surface area contributed by atoms with Crippen molar-refractivity contribution < 1.29 is 4.79 Å². The van der Waals surface area contributed by atoms with Crippen molar-refractivity contribution in [3.05, 3.63) is 46.7 Å². The Morgan fingerprint density at radius 2 is 2.22 bits per heavy atom. The number of rotatable bonds is 3. The Bertz CT molecular complexity index is 701. The average molecular weight is 355 g/mol. The van der Waals surface area contributed by atoms with Crippen LogP contribution in [0.3, 0.4) is 0 Å². The van der Waals surface area contributed by atoms with Gasteiger partial charge in [-0.15, -0.1) is 12.4 Å². The Morgan fingerprint density at radius 3 is 2.91 bits per heavy atom. The minimum Gasteiger partial charge on any atom is -0.325 e. The van der Waals surface area contributed by atoms with Crippen LogP contribution in [0.4, 0.5) is 5.69 Å². The lowest BCUT2D eigenvalue weighted by Crippen LogP contribution is -2.28. The standard InChI is InChI=1S/C16H19ClN4O.ClH/c1-10-14(17)4-3-5-15(10)20-16(22)13-8-18-7-12(13)11-6-19-21(2)9-11;/h3-6,9,12-13,18H,7-8H2,1-2H3,(H,20,22);1H/t12-,13+;/m1./s1. The maximum absolute atomic E-state index is 12.6. The molecule has 2 aromatic rings. The van der Waals surface area contributed by atoms with E-state index in [9.17, 15) is 4.79 Å². The number of benzene rings is 1. The first kappa shape index (κ1) is 17.8. The summed E-state index contributed by atoms with van der Waals surface area (Å²) in [6.07, 6.45) is 3.81. The average Bonchev–Trinajstić information content (AvgIpc) is 3.12. The first-order chi connectivity index (χ1) is 10.6. The maximum Gasteiger partial charge on any atom is 0.229 e. The summed E-state index contributed by atoms with van der Waals surface area (Å²) in [7, 11) is 1.89. The molecule has 0 spiro atoms. The van der Waals surface area contributed by atoms with E-state index in [0.717, 1.165) is 23.4 Å². The molecule has 0 bridgehead atoms. The summed E-state index contributed by atoms with van der Waals surface area (Å²) in [6, 6.07) is 5.54. The number of carbonyl (C=O) groups excluding carboxylic acids is 1. The highest BCUT2D eigenvalue weighted by atomic mass is 35.5. The van der Waals surface area contributed by atoms with Crippen LogP contribution in [-0.4, -0.2) is 28.8 Å². The molecule has 1 fully saturated rings. The molecule has 2 atom stereocenters. The number of aryl methyl sites for hydroxylation is 1. The van der Waals surface area contributed by atoms with Crippen molar-refractivity contribution in [1.82, 2.24) is 15.1 Å².